The number of aryl methyl sites for hydroxylation is 1. The lowest BCUT2D eigenvalue weighted by Gasteiger charge is -2.24. The molecule has 1 atom stereocenters. The van der Waals surface area contributed by atoms with Crippen molar-refractivity contribution in [1.82, 2.24) is 9.13 Å². The molecular formula is C28H27N3O4S. The van der Waals surface area contributed by atoms with Gasteiger partial charge in [-0.05, 0) is 50.6 Å². The maximum atomic E-state index is 13.8. The number of aromatic nitrogens is 2. The second-order valence-corrected chi connectivity index (χ2v) is 9.53. The van der Waals surface area contributed by atoms with E-state index in [9.17, 15) is 9.59 Å². The predicted molar refractivity (Wildman–Crippen MR) is 141 cm³/mol. The molecule has 1 unspecified atom stereocenters. The van der Waals surface area contributed by atoms with E-state index in [4.69, 9.17) is 9.47 Å². The summed E-state index contributed by atoms with van der Waals surface area (Å²) in [4.78, 5) is 32.1. The molecule has 2 aromatic carbocycles. The predicted octanol–water partition coefficient (Wildman–Crippen LogP) is 3.69. The minimum atomic E-state index is -0.648. The summed E-state index contributed by atoms with van der Waals surface area (Å²) in [5.74, 6) is 0.254. The van der Waals surface area contributed by atoms with E-state index in [1.165, 1.54) is 11.3 Å². The summed E-state index contributed by atoms with van der Waals surface area (Å²) in [5, 5.41) is 1.07. The van der Waals surface area contributed by atoms with E-state index in [0.717, 1.165) is 27.8 Å². The van der Waals surface area contributed by atoms with E-state index in [0.29, 0.717) is 27.2 Å². The number of allylic oxidation sites excluding steroid dienone is 1. The highest BCUT2D eigenvalue weighted by molar-refractivity contribution is 7.07. The zero-order valence-corrected chi connectivity index (χ0v) is 21.5. The summed E-state index contributed by atoms with van der Waals surface area (Å²) >= 11 is 1.32. The van der Waals surface area contributed by atoms with Crippen LogP contribution in [0.1, 0.15) is 37.9 Å². The molecule has 8 heteroatoms. The maximum Gasteiger partial charge on any atom is 0.338 e. The van der Waals surface area contributed by atoms with Gasteiger partial charge in [0, 0.05) is 29.7 Å². The van der Waals surface area contributed by atoms with Gasteiger partial charge in [0.05, 0.1) is 35.1 Å². The zero-order valence-electron chi connectivity index (χ0n) is 20.6. The molecule has 4 aromatic rings. The number of benzene rings is 2. The number of hydrogen-bond donors (Lipinski definition) is 0. The Kier molecular flexibility index (Phi) is 6.36. The van der Waals surface area contributed by atoms with E-state index in [1.54, 1.807) is 18.4 Å². The zero-order chi connectivity index (χ0) is 25.4. The molecule has 0 bridgehead atoms. The SMILES string of the molecule is CCOC(=O)C1=C(C)N=c2sc(=Cc3cn(C)c4ccccc34)c(=O)n2C1c1ccc(OCC)cc1. The highest BCUT2D eigenvalue weighted by atomic mass is 32.1. The van der Waals surface area contributed by atoms with Gasteiger partial charge in [0.25, 0.3) is 5.56 Å². The van der Waals surface area contributed by atoms with Gasteiger partial charge in [-0.3, -0.25) is 9.36 Å². The molecule has 0 radical (unpaired) electrons. The van der Waals surface area contributed by atoms with Gasteiger partial charge in [-0.2, -0.15) is 0 Å². The van der Waals surface area contributed by atoms with Crippen LogP contribution < -0.4 is 19.6 Å². The fourth-order valence-electron chi connectivity index (χ4n) is 4.65. The molecule has 36 heavy (non-hydrogen) atoms. The summed E-state index contributed by atoms with van der Waals surface area (Å²) in [6, 6.07) is 14.9. The first kappa shape index (κ1) is 23.8. The van der Waals surface area contributed by atoms with Crippen LogP contribution in [-0.4, -0.2) is 28.3 Å². The van der Waals surface area contributed by atoms with Crippen molar-refractivity contribution < 1.29 is 14.3 Å². The summed E-state index contributed by atoms with van der Waals surface area (Å²) in [6.07, 6.45) is 3.92. The Hall–Kier alpha value is -3.91. The summed E-state index contributed by atoms with van der Waals surface area (Å²) in [6.45, 7) is 6.26. The number of esters is 1. The fraction of sp³-hybridized carbons (Fsp3) is 0.250. The lowest BCUT2D eigenvalue weighted by molar-refractivity contribution is -0.139. The first-order valence-electron chi connectivity index (χ1n) is 11.9. The lowest BCUT2D eigenvalue weighted by atomic mass is 9.96. The summed E-state index contributed by atoms with van der Waals surface area (Å²) in [5.41, 5.74) is 3.55. The van der Waals surface area contributed by atoms with Gasteiger partial charge in [-0.1, -0.05) is 41.7 Å². The third kappa shape index (κ3) is 4.07. The molecule has 0 spiro atoms. The first-order chi connectivity index (χ1) is 17.4. The second kappa shape index (κ2) is 9.62. The van der Waals surface area contributed by atoms with Gasteiger partial charge >= 0.3 is 5.97 Å². The standard InChI is InChI=1S/C28H27N3O4S/c1-5-34-20-13-11-18(12-14-20)25-24(27(33)35-6-2)17(3)29-28-31(25)26(32)23(36-28)15-19-16-30(4)22-10-8-7-9-21(19)22/h7-16,25H,5-6H2,1-4H3. The smallest absolute Gasteiger partial charge is 0.338 e. The average Bonchev–Trinajstić information content (AvgIpc) is 3.35. The van der Waals surface area contributed by atoms with Crippen LogP contribution in [0.25, 0.3) is 17.0 Å². The summed E-state index contributed by atoms with van der Waals surface area (Å²) in [7, 11) is 1.99. The number of nitrogens with zero attached hydrogens (tertiary/aromatic N) is 3. The minimum Gasteiger partial charge on any atom is -0.494 e. The molecule has 0 N–H and O–H groups in total. The van der Waals surface area contributed by atoms with Crippen LogP contribution in [0.2, 0.25) is 0 Å². The number of carbonyl (C=O) groups is 1. The van der Waals surface area contributed by atoms with Crippen molar-refractivity contribution >= 4 is 34.3 Å². The summed E-state index contributed by atoms with van der Waals surface area (Å²) < 4.78 is 15.2. The molecule has 7 nitrogen and oxygen atoms in total. The molecule has 0 fully saturated rings. The molecule has 0 aliphatic carbocycles. The van der Waals surface area contributed by atoms with E-state index in [-0.39, 0.29) is 12.2 Å². The third-order valence-corrected chi connectivity index (χ3v) is 7.22. The minimum absolute atomic E-state index is 0.195. The Bertz CT molecular complexity index is 1670. The van der Waals surface area contributed by atoms with Crippen molar-refractivity contribution in [1.29, 1.82) is 0 Å². The lowest BCUT2D eigenvalue weighted by Crippen LogP contribution is -2.39. The largest absolute Gasteiger partial charge is 0.494 e. The number of ether oxygens (including phenoxy) is 2. The Morgan fingerprint density at radius 2 is 1.86 bits per heavy atom. The van der Waals surface area contributed by atoms with E-state index >= 15 is 0 Å². The third-order valence-electron chi connectivity index (χ3n) is 6.24. The van der Waals surface area contributed by atoms with Gasteiger partial charge in [0.1, 0.15) is 5.75 Å². The van der Waals surface area contributed by atoms with Gasteiger partial charge in [-0.25, -0.2) is 9.79 Å². The van der Waals surface area contributed by atoms with Crippen LogP contribution in [-0.2, 0) is 16.6 Å². The quantitative estimate of drug-likeness (QED) is 0.378. The number of para-hydroxylation sites is 1. The van der Waals surface area contributed by atoms with Crippen molar-refractivity contribution in [2.45, 2.75) is 26.8 Å². The Morgan fingerprint density at radius 1 is 1.11 bits per heavy atom. The fourth-order valence-corrected chi connectivity index (χ4v) is 5.69. The normalized spacial score (nSPS) is 15.7. The van der Waals surface area contributed by atoms with Gasteiger partial charge in [-0.15, -0.1) is 0 Å². The molecule has 1 aliphatic rings. The highest BCUT2D eigenvalue weighted by Gasteiger charge is 2.33. The number of hydrogen-bond acceptors (Lipinski definition) is 6. The number of thiazole rings is 1. The topological polar surface area (TPSA) is 74.8 Å². The monoisotopic (exact) mass is 501 g/mol. The van der Waals surface area contributed by atoms with Crippen LogP contribution in [0.15, 0.2) is 75.8 Å². The Balaban J connectivity index is 1.71. The van der Waals surface area contributed by atoms with Crippen LogP contribution in [0.3, 0.4) is 0 Å². The molecule has 5 rings (SSSR count). The molecule has 0 saturated heterocycles. The van der Waals surface area contributed by atoms with Crippen LogP contribution >= 0.6 is 11.3 Å². The number of fused-ring (bicyclic) bond motifs is 2. The molecule has 184 valence electrons. The highest BCUT2D eigenvalue weighted by Crippen LogP contribution is 2.31. The molecule has 0 amide bonds. The molecule has 1 aliphatic heterocycles. The van der Waals surface area contributed by atoms with Crippen molar-refractivity contribution in [3.63, 3.8) is 0 Å². The number of carbonyl (C=O) groups excluding carboxylic acids is 1. The van der Waals surface area contributed by atoms with Crippen molar-refractivity contribution in [2.24, 2.45) is 12.0 Å². The van der Waals surface area contributed by atoms with Gasteiger partial charge in [0.15, 0.2) is 4.80 Å². The van der Waals surface area contributed by atoms with E-state index in [2.05, 4.69) is 11.1 Å². The van der Waals surface area contributed by atoms with Crippen molar-refractivity contribution in [3.05, 3.63) is 96.8 Å². The Labute approximate surface area is 212 Å². The average molecular weight is 502 g/mol. The maximum absolute atomic E-state index is 13.8. The van der Waals surface area contributed by atoms with Crippen LogP contribution in [0.4, 0.5) is 0 Å². The van der Waals surface area contributed by atoms with Crippen LogP contribution in [0.5, 0.6) is 5.75 Å². The van der Waals surface area contributed by atoms with Gasteiger partial charge < -0.3 is 14.0 Å². The van der Waals surface area contributed by atoms with E-state index in [1.807, 2.05) is 73.3 Å². The molecule has 0 saturated carbocycles. The van der Waals surface area contributed by atoms with E-state index < -0.39 is 12.0 Å². The van der Waals surface area contributed by atoms with Crippen molar-refractivity contribution in [3.8, 4) is 5.75 Å². The van der Waals surface area contributed by atoms with Crippen molar-refractivity contribution in [2.75, 3.05) is 13.2 Å². The molecule has 2 aromatic heterocycles. The second-order valence-electron chi connectivity index (χ2n) is 8.52. The molecule has 3 heterocycles. The Morgan fingerprint density at radius 3 is 2.58 bits per heavy atom. The first-order valence-corrected chi connectivity index (χ1v) is 12.7. The molecular weight excluding hydrogens is 474 g/mol. The van der Waals surface area contributed by atoms with Gasteiger partial charge in [0.2, 0.25) is 0 Å². The van der Waals surface area contributed by atoms with Crippen LogP contribution in [0, 0.1) is 0 Å². The number of rotatable bonds is 6.